The van der Waals surface area contributed by atoms with Crippen LogP contribution in [0, 0.1) is 0 Å². The van der Waals surface area contributed by atoms with E-state index in [1.54, 1.807) is 37.3 Å². The van der Waals surface area contributed by atoms with Crippen LogP contribution in [0.4, 0.5) is 0 Å². The van der Waals surface area contributed by atoms with Crippen molar-refractivity contribution in [3.05, 3.63) is 40.9 Å². The van der Waals surface area contributed by atoms with Crippen LogP contribution in [0.1, 0.15) is 12.5 Å². The molecule has 0 heterocycles. The number of benzene rings is 1. The van der Waals surface area contributed by atoms with E-state index in [0.717, 1.165) is 5.56 Å². The molecule has 19 heavy (non-hydrogen) atoms. The monoisotopic (exact) mass is 282 g/mol. The second-order valence-corrected chi connectivity index (χ2v) is 4.00. The van der Waals surface area contributed by atoms with Gasteiger partial charge < -0.3 is 4.74 Å². The number of amides is 2. The molecule has 0 bridgehead atoms. The Hall–Kier alpha value is -1.85. The molecule has 6 heteroatoms. The van der Waals surface area contributed by atoms with Gasteiger partial charge in [-0.25, -0.2) is 0 Å². The Morgan fingerprint density at radius 3 is 2.58 bits per heavy atom. The Morgan fingerprint density at radius 1 is 1.26 bits per heavy atom. The van der Waals surface area contributed by atoms with E-state index < -0.39 is 11.8 Å². The van der Waals surface area contributed by atoms with Gasteiger partial charge in [0, 0.05) is 17.7 Å². The van der Waals surface area contributed by atoms with E-state index in [1.807, 2.05) is 0 Å². The topological polar surface area (TPSA) is 67.4 Å². The van der Waals surface area contributed by atoms with Gasteiger partial charge in [0.15, 0.2) is 0 Å². The molecule has 0 aliphatic heterocycles. The fraction of sp³-hybridized carbons (Fsp3) is 0.231. The summed E-state index contributed by atoms with van der Waals surface area (Å²) in [6, 6.07) is 7.01. The summed E-state index contributed by atoms with van der Waals surface area (Å²) in [5, 5.41) is 0.629. The van der Waals surface area contributed by atoms with Crippen LogP contribution in [0.25, 0.3) is 6.08 Å². The van der Waals surface area contributed by atoms with Gasteiger partial charge in [-0.1, -0.05) is 23.7 Å². The smallest absolute Gasteiger partial charge is 0.264 e. The van der Waals surface area contributed by atoms with E-state index in [-0.39, 0.29) is 6.61 Å². The lowest BCUT2D eigenvalue weighted by Crippen LogP contribution is -2.42. The minimum Gasteiger partial charge on any atom is -0.372 e. The van der Waals surface area contributed by atoms with Crippen molar-refractivity contribution in [1.82, 2.24) is 10.9 Å². The summed E-state index contributed by atoms with van der Waals surface area (Å²) in [4.78, 5) is 22.5. The lowest BCUT2D eigenvalue weighted by atomic mass is 10.2. The van der Waals surface area contributed by atoms with Gasteiger partial charge in [-0.15, -0.1) is 0 Å². The first-order chi connectivity index (χ1) is 9.11. The Balaban J connectivity index is 2.34. The number of ether oxygens (including phenoxy) is 1. The van der Waals surface area contributed by atoms with E-state index >= 15 is 0 Å². The quantitative estimate of drug-likeness (QED) is 0.636. The van der Waals surface area contributed by atoms with Crippen molar-refractivity contribution in [3.63, 3.8) is 0 Å². The van der Waals surface area contributed by atoms with Crippen LogP contribution >= 0.6 is 11.6 Å². The third-order valence-electron chi connectivity index (χ3n) is 2.06. The summed E-state index contributed by atoms with van der Waals surface area (Å²) in [5.74, 6) is -0.838. The molecule has 0 spiro atoms. The second-order valence-electron chi connectivity index (χ2n) is 3.56. The predicted octanol–water partition coefficient (Wildman–Crippen LogP) is 1.54. The number of carbonyl (C=O) groups is 2. The van der Waals surface area contributed by atoms with Gasteiger partial charge in [0.25, 0.3) is 11.8 Å². The van der Waals surface area contributed by atoms with Crippen molar-refractivity contribution in [2.75, 3.05) is 13.2 Å². The molecule has 0 aromatic heterocycles. The number of nitrogens with one attached hydrogen (secondary N) is 2. The molecule has 2 amide bonds. The van der Waals surface area contributed by atoms with E-state index in [2.05, 4.69) is 10.9 Å². The Labute approximate surface area is 116 Å². The van der Waals surface area contributed by atoms with E-state index in [1.165, 1.54) is 6.08 Å². The number of carbonyl (C=O) groups excluding carboxylic acids is 2. The molecule has 0 saturated carbocycles. The first kappa shape index (κ1) is 15.2. The van der Waals surface area contributed by atoms with Gasteiger partial charge in [0.05, 0.1) is 0 Å². The highest BCUT2D eigenvalue weighted by molar-refractivity contribution is 6.30. The fourth-order valence-electron chi connectivity index (χ4n) is 1.15. The maximum Gasteiger partial charge on any atom is 0.264 e. The first-order valence-electron chi connectivity index (χ1n) is 5.72. The van der Waals surface area contributed by atoms with Crippen LogP contribution in [0.3, 0.4) is 0 Å². The molecule has 0 atom stereocenters. The molecule has 1 aromatic carbocycles. The van der Waals surface area contributed by atoms with Gasteiger partial charge >= 0.3 is 0 Å². The van der Waals surface area contributed by atoms with Crippen LogP contribution in [-0.4, -0.2) is 25.0 Å². The molecule has 0 saturated heterocycles. The molecule has 1 rings (SSSR count). The van der Waals surface area contributed by atoms with Crippen LogP contribution < -0.4 is 10.9 Å². The molecular formula is C13H15ClN2O3. The summed E-state index contributed by atoms with van der Waals surface area (Å²) in [7, 11) is 0. The largest absolute Gasteiger partial charge is 0.372 e. The van der Waals surface area contributed by atoms with Crippen molar-refractivity contribution in [1.29, 1.82) is 0 Å². The number of halogens is 1. The molecule has 0 fully saturated rings. The first-order valence-corrected chi connectivity index (χ1v) is 6.10. The minimum absolute atomic E-state index is 0.0856. The number of hydrazine groups is 1. The predicted molar refractivity (Wildman–Crippen MR) is 73.3 cm³/mol. The van der Waals surface area contributed by atoms with Crippen molar-refractivity contribution >= 4 is 29.5 Å². The summed E-state index contributed by atoms with van der Waals surface area (Å²) in [6.07, 6.45) is 2.92. The van der Waals surface area contributed by atoms with E-state index in [0.29, 0.717) is 11.6 Å². The number of rotatable bonds is 5. The Kier molecular flexibility index (Phi) is 6.63. The van der Waals surface area contributed by atoms with Crippen LogP contribution in [0.15, 0.2) is 30.3 Å². The third kappa shape index (κ3) is 6.59. The van der Waals surface area contributed by atoms with Crippen molar-refractivity contribution < 1.29 is 14.3 Å². The van der Waals surface area contributed by atoms with Crippen LogP contribution in [0.2, 0.25) is 5.02 Å². The minimum atomic E-state index is -0.431. The van der Waals surface area contributed by atoms with E-state index in [9.17, 15) is 9.59 Å². The molecule has 0 radical (unpaired) electrons. The maximum absolute atomic E-state index is 11.4. The lowest BCUT2D eigenvalue weighted by molar-refractivity contribution is -0.129. The van der Waals surface area contributed by atoms with Crippen molar-refractivity contribution in [2.24, 2.45) is 0 Å². The molecule has 1 aromatic rings. The number of hydrogen-bond donors (Lipinski definition) is 2. The normalized spacial score (nSPS) is 10.4. The summed E-state index contributed by atoms with van der Waals surface area (Å²) < 4.78 is 4.87. The zero-order valence-corrected chi connectivity index (χ0v) is 11.2. The van der Waals surface area contributed by atoms with Gasteiger partial charge in [-0.05, 0) is 30.7 Å². The highest BCUT2D eigenvalue weighted by Crippen LogP contribution is 2.10. The molecule has 0 aliphatic rings. The molecule has 2 N–H and O–H groups in total. The van der Waals surface area contributed by atoms with Gasteiger partial charge in [0.2, 0.25) is 0 Å². The molecule has 5 nitrogen and oxygen atoms in total. The summed E-state index contributed by atoms with van der Waals surface area (Å²) >= 11 is 5.74. The average Bonchev–Trinajstić information content (AvgIpc) is 2.42. The lowest BCUT2D eigenvalue weighted by Gasteiger charge is -2.04. The highest BCUT2D eigenvalue weighted by Gasteiger charge is 2.01. The number of hydrogen-bond acceptors (Lipinski definition) is 3. The van der Waals surface area contributed by atoms with Crippen LogP contribution in [-0.2, 0) is 14.3 Å². The molecular weight excluding hydrogens is 268 g/mol. The fourth-order valence-corrected chi connectivity index (χ4v) is 1.28. The highest BCUT2D eigenvalue weighted by atomic mass is 35.5. The summed E-state index contributed by atoms with van der Waals surface area (Å²) in [6.45, 7) is 2.14. The summed E-state index contributed by atoms with van der Waals surface area (Å²) in [5.41, 5.74) is 5.30. The SMILES string of the molecule is CCOCC(=O)NNC(=O)/C=C/c1ccc(Cl)cc1. The van der Waals surface area contributed by atoms with E-state index in [4.69, 9.17) is 16.3 Å². The average molecular weight is 283 g/mol. The standard InChI is InChI=1S/C13H15ClN2O3/c1-2-19-9-13(18)16-15-12(17)8-5-10-3-6-11(14)7-4-10/h3-8H,2,9H2,1H3,(H,15,17)(H,16,18)/b8-5+. The van der Waals surface area contributed by atoms with Gasteiger partial charge in [-0.2, -0.15) is 0 Å². The van der Waals surface area contributed by atoms with Crippen molar-refractivity contribution in [2.45, 2.75) is 6.92 Å². The van der Waals surface area contributed by atoms with Crippen molar-refractivity contribution in [3.8, 4) is 0 Å². The zero-order valence-electron chi connectivity index (χ0n) is 10.5. The Bertz CT molecular complexity index is 457. The zero-order chi connectivity index (χ0) is 14.1. The molecule has 102 valence electrons. The third-order valence-corrected chi connectivity index (χ3v) is 2.31. The Morgan fingerprint density at radius 2 is 1.95 bits per heavy atom. The van der Waals surface area contributed by atoms with Gasteiger partial charge in [-0.3, -0.25) is 20.4 Å². The van der Waals surface area contributed by atoms with Crippen LogP contribution in [0.5, 0.6) is 0 Å². The molecule has 0 unspecified atom stereocenters. The molecule has 0 aliphatic carbocycles. The maximum atomic E-state index is 11.4. The second kappa shape index (κ2) is 8.29. The van der Waals surface area contributed by atoms with Gasteiger partial charge in [0.1, 0.15) is 6.61 Å².